The minimum absolute atomic E-state index is 0.273. The molecule has 2 rings (SSSR count). The van der Waals surface area contributed by atoms with Gasteiger partial charge in [-0.1, -0.05) is 57.5 Å². The minimum atomic E-state index is 0.273. The minimum Gasteiger partial charge on any atom is -0.271 e. The topological polar surface area (TPSA) is 38.0 Å². The Morgan fingerprint density at radius 2 is 1.78 bits per heavy atom. The lowest BCUT2D eigenvalue weighted by Crippen LogP contribution is -2.40. The van der Waals surface area contributed by atoms with Gasteiger partial charge in [-0.15, -0.1) is 0 Å². The maximum absolute atomic E-state index is 6.22. The van der Waals surface area contributed by atoms with E-state index in [9.17, 15) is 0 Å². The summed E-state index contributed by atoms with van der Waals surface area (Å²) in [5.74, 6) is 6.34. The van der Waals surface area contributed by atoms with E-state index in [1.807, 2.05) is 18.2 Å². The molecular formula is C15H23ClN2. The fourth-order valence-electron chi connectivity index (χ4n) is 3.43. The molecule has 0 heterocycles. The van der Waals surface area contributed by atoms with Crippen LogP contribution in [-0.2, 0) is 6.42 Å². The predicted octanol–water partition coefficient (Wildman–Crippen LogP) is 3.40. The van der Waals surface area contributed by atoms with Crippen molar-refractivity contribution in [2.75, 3.05) is 0 Å². The Balaban J connectivity index is 2.16. The van der Waals surface area contributed by atoms with Gasteiger partial charge < -0.3 is 0 Å². The van der Waals surface area contributed by atoms with E-state index in [4.69, 9.17) is 17.4 Å². The summed E-state index contributed by atoms with van der Waals surface area (Å²) in [6, 6.07) is 8.28. The van der Waals surface area contributed by atoms with Crippen LogP contribution in [0.1, 0.15) is 33.3 Å². The number of hydrogen-bond acceptors (Lipinski definition) is 2. The fraction of sp³-hybridized carbons (Fsp3) is 0.600. The van der Waals surface area contributed by atoms with Gasteiger partial charge in [-0.2, -0.15) is 0 Å². The fourth-order valence-corrected chi connectivity index (χ4v) is 3.64. The zero-order chi connectivity index (χ0) is 13.6. The van der Waals surface area contributed by atoms with E-state index in [0.717, 1.165) is 11.4 Å². The SMILES string of the molecule is CC1(C)C(C(Cc2ccccc2Cl)NN)C1(C)C. The highest BCUT2D eigenvalue weighted by Gasteiger charge is 2.66. The summed E-state index contributed by atoms with van der Waals surface area (Å²) in [6.07, 6.45) is 0.883. The van der Waals surface area contributed by atoms with Crippen molar-refractivity contribution in [2.45, 2.75) is 40.2 Å². The van der Waals surface area contributed by atoms with Gasteiger partial charge in [0.1, 0.15) is 0 Å². The van der Waals surface area contributed by atoms with Gasteiger partial charge in [-0.25, -0.2) is 0 Å². The second-order valence-corrected chi connectivity index (χ2v) is 6.90. The Kier molecular flexibility index (Phi) is 3.48. The monoisotopic (exact) mass is 266 g/mol. The average molecular weight is 267 g/mol. The molecule has 0 bridgehead atoms. The molecule has 3 N–H and O–H groups in total. The van der Waals surface area contributed by atoms with Gasteiger partial charge in [-0.3, -0.25) is 11.3 Å². The van der Waals surface area contributed by atoms with Crippen molar-refractivity contribution in [3.8, 4) is 0 Å². The Labute approximate surface area is 115 Å². The Bertz CT molecular complexity index is 426. The number of halogens is 1. The van der Waals surface area contributed by atoms with E-state index >= 15 is 0 Å². The van der Waals surface area contributed by atoms with E-state index in [2.05, 4.69) is 39.2 Å². The third-order valence-electron chi connectivity index (χ3n) is 5.15. The molecule has 1 aromatic carbocycles. The van der Waals surface area contributed by atoms with Gasteiger partial charge in [0, 0.05) is 11.1 Å². The molecule has 0 radical (unpaired) electrons. The Morgan fingerprint density at radius 3 is 2.22 bits per heavy atom. The highest BCUT2D eigenvalue weighted by Crippen LogP contribution is 2.69. The molecule has 0 amide bonds. The Hall–Kier alpha value is -0.570. The van der Waals surface area contributed by atoms with Crippen LogP contribution in [0.4, 0.5) is 0 Å². The molecule has 3 heteroatoms. The first-order valence-electron chi connectivity index (χ1n) is 6.52. The van der Waals surface area contributed by atoms with Crippen molar-refractivity contribution in [1.29, 1.82) is 0 Å². The largest absolute Gasteiger partial charge is 0.271 e. The molecule has 1 fully saturated rings. The summed E-state index contributed by atoms with van der Waals surface area (Å²) in [7, 11) is 0. The van der Waals surface area contributed by atoms with Gasteiger partial charge >= 0.3 is 0 Å². The van der Waals surface area contributed by atoms with Crippen LogP contribution in [0.15, 0.2) is 24.3 Å². The van der Waals surface area contributed by atoms with Crippen molar-refractivity contribution < 1.29 is 0 Å². The van der Waals surface area contributed by atoms with E-state index in [1.165, 1.54) is 5.56 Å². The molecule has 0 aliphatic heterocycles. The van der Waals surface area contributed by atoms with Crippen LogP contribution in [0.25, 0.3) is 0 Å². The predicted molar refractivity (Wildman–Crippen MR) is 77.3 cm³/mol. The summed E-state index contributed by atoms with van der Waals surface area (Å²) < 4.78 is 0. The van der Waals surface area contributed by atoms with Crippen LogP contribution in [0.2, 0.25) is 5.02 Å². The van der Waals surface area contributed by atoms with E-state index in [-0.39, 0.29) is 6.04 Å². The maximum atomic E-state index is 6.22. The quantitative estimate of drug-likeness (QED) is 0.648. The number of nitrogens with one attached hydrogen (secondary N) is 1. The van der Waals surface area contributed by atoms with E-state index < -0.39 is 0 Å². The van der Waals surface area contributed by atoms with Crippen molar-refractivity contribution in [2.24, 2.45) is 22.6 Å². The highest BCUT2D eigenvalue weighted by atomic mass is 35.5. The summed E-state index contributed by atoms with van der Waals surface area (Å²) >= 11 is 6.22. The third kappa shape index (κ3) is 2.07. The molecule has 100 valence electrons. The number of nitrogens with two attached hydrogens (primary N) is 1. The number of hydrazine groups is 1. The van der Waals surface area contributed by atoms with Crippen LogP contribution in [-0.4, -0.2) is 6.04 Å². The third-order valence-corrected chi connectivity index (χ3v) is 5.52. The molecule has 1 aliphatic carbocycles. The molecule has 1 unspecified atom stereocenters. The molecule has 1 aliphatic rings. The van der Waals surface area contributed by atoms with Crippen molar-refractivity contribution >= 4 is 11.6 Å². The number of hydrogen-bond donors (Lipinski definition) is 2. The molecule has 0 spiro atoms. The second kappa shape index (κ2) is 4.52. The average Bonchev–Trinajstić information content (AvgIpc) is 2.70. The van der Waals surface area contributed by atoms with Crippen molar-refractivity contribution in [3.63, 3.8) is 0 Å². The van der Waals surface area contributed by atoms with Crippen molar-refractivity contribution in [3.05, 3.63) is 34.9 Å². The normalized spacial score (nSPS) is 22.8. The first kappa shape index (κ1) is 13.9. The zero-order valence-corrected chi connectivity index (χ0v) is 12.4. The summed E-state index contributed by atoms with van der Waals surface area (Å²) in [5.41, 5.74) is 4.81. The molecular weight excluding hydrogens is 244 g/mol. The van der Waals surface area contributed by atoms with Crippen molar-refractivity contribution in [1.82, 2.24) is 5.43 Å². The first-order chi connectivity index (χ1) is 8.32. The van der Waals surface area contributed by atoms with Crippen LogP contribution >= 0.6 is 11.6 Å². The Morgan fingerprint density at radius 1 is 1.22 bits per heavy atom. The maximum Gasteiger partial charge on any atom is 0.0438 e. The molecule has 0 saturated heterocycles. The molecule has 1 atom stereocenters. The summed E-state index contributed by atoms with van der Waals surface area (Å²) in [5, 5.41) is 0.828. The van der Waals surface area contributed by atoms with E-state index in [0.29, 0.717) is 16.7 Å². The zero-order valence-electron chi connectivity index (χ0n) is 11.6. The summed E-state index contributed by atoms with van der Waals surface area (Å²) in [4.78, 5) is 0. The van der Waals surface area contributed by atoms with Gasteiger partial charge in [0.25, 0.3) is 0 Å². The highest BCUT2D eigenvalue weighted by molar-refractivity contribution is 6.31. The van der Waals surface area contributed by atoms with Gasteiger partial charge in [-0.05, 0) is 34.8 Å². The standard InChI is InChI=1S/C15H23ClN2/c1-14(2)13(15(14,3)4)12(18-17)9-10-7-5-6-8-11(10)16/h5-8,12-13,18H,9,17H2,1-4H3. The second-order valence-electron chi connectivity index (χ2n) is 6.49. The van der Waals surface area contributed by atoms with Gasteiger partial charge in [0.05, 0.1) is 0 Å². The lowest BCUT2D eigenvalue weighted by molar-refractivity contribution is 0.402. The number of rotatable bonds is 4. The lowest BCUT2D eigenvalue weighted by atomic mass is 9.97. The van der Waals surface area contributed by atoms with Crippen LogP contribution in [0.5, 0.6) is 0 Å². The molecule has 2 nitrogen and oxygen atoms in total. The van der Waals surface area contributed by atoms with Gasteiger partial charge in [0.15, 0.2) is 0 Å². The van der Waals surface area contributed by atoms with Crippen LogP contribution in [0, 0.1) is 16.7 Å². The smallest absolute Gasteiger partial charge is 0.0438 e. The van der Waals surface area contributed by atoms with Gasteiger partial charge in [0.2, 0.25) is 0 Å². The van der Waals surface area contributed by atoms with Crippen LogP contribution in [0.3, 0.4) is 0 Å². The molecule has 0 aromatic heterocycles. The molecule has 1 aromatic rings. The lowest BCUT2D eigenvalue weighted by Gasteiger charge is -2.19. The number of benzene rings is 1. The molecule has 1 saturated carbocycles. The van der Waals surface area contributed by atoms with Crippen LogP contribution < -0.4 is 11.3 Å². The molecule has 18 heavy (non-hydrogen) atoms. The van der Waals surface area contributed by atoms with E-state index in [1.54, 1.807) is 0 Å². The summed E-state index contributed by atoms with van der Waals surface area (Å²) in [6.45, 7) is 9.26. The first-order valence-corrected chi connectivity index (χ1v) is 6.89.